The lowest BCUT2D eigenvalue weighted by Gasteiger charge is -2.34. The van der Waals surface area contributed by atoms with Crippen LogP contribution in [0.15, 0.2) is 59.8 Å². The van der Waals surface area contributed by atoms with Crippen LogP contribution >= 0.6 is 11.6 Å². The van der Waals surface area contributed by atoms with Crippen molar-refractivity contribution in [3.8, 4) is 5.75 Å². The molecule has 0 saturated heterocycles. The van der Waals surface area contributed by atoms with Gasteiger partial charge in [-0.05, 0) is 55.8 Å². The van der Waals surface area contributed by atoms with Crippen LogP contribution in [0.3, 0.4) is 0 Å². The molecule has 2 aromatic carbocycles. The van der Waals surface area contributed by atoms with Crippen LogP contribution in [0.4, 0.5) is 10.5 Å². The van der Waals surface area contributed by atoms with Gasteiger partial charge in [0.1, 0.15) is 12.4 Å². The third-order valence-corrected chi connectivity index (χ3v) is 5.62. The molecule has 3 rings (SSSR count). The molecule has 3 amide bonds. The molecule has 10 heteroatoms. The summed E-state index contributed by atoms with van der Waals surface area (Å²) in [6, 6.07) is 12.6. The number of amides is 3. The third-order valence-electron chi connectivity index (χ3n) is 5.36. The molecule has 1 aliphatic heterocycles. The number of allylic oxidation sites excluding steroid dienone is 1. The van der Waals surface area contributed by atoms with E-state index in [2.05, 4.69) is 10.6 Å². The number of benzene rings is 2. The summed E-state index contributed by atoms with van der Waals surface area (Å²) in [7, 11) is 1.52. The standard InChI is InChI=1S/C25H28ClN3O6/c1-4-29-16(2)22(24(31)34-14-13-33-3)23(28-25(29)32)17-5-9-19(10-6-17)27-21(30)15-35-20-11-7-18(26)8-12-20/h5-12,23H,4,13-15H2,1-3H3,(H,27,30)(H,28,32). The number of rotatable bonds is 10. The van der Waals surface area contributed by atoms with Crippen molar-refractivity contribution in [3.63, 3.8) is 0 Å². The van der Waals surface area contributed by atoms with Gasteiger partial charge in [-0.1, -0.05) is 23.7 Å². The maximum absolute atomic E-state index is 12.9. The minimum atomic E-state index is -0.696. The predicted molar refractivity (Wildman–Crippen MR) is 131 cm³/mol. The highest BCUT2D eigenvalue weighted by Crippen LogP contribution is 2.31. The highest BCUT2D eigenvalue weighted by molar-refractivity contribution is 6.30. The van der Waals surface area contributed by atoms with E-state index in [0.29, 0.717) is 39.8 Å². The molecule has 1 unspecified atom stereocenters. The third kappa shape index (κ3) is 6.74. The zero-order chi connectivity index (χ0) is 25.4. The fraction of sp³-hybridized carbons (Fsp3) is 0.320. The minimum Gasteiger partial charge on any atom is -0.484 e. The number of hydrogen-bond donors (Lipinski definition) is 2. The SMILES string of the molecule is CCN1C(=O)NC(c2ccc(NC(=O)COc3ccc(Cl)cc3)cc2)C(C(=O)OCCOC)=C1C. The second-order valence-corrected chi connectivity index (χ2v) is 8.10. The van der Waals surface area contributed by atoms with Crippen LogP contribution < -0.4 is 15.4 Å². The Morgan fingerprint density at radius 1 is 1.09 bits per heavy atom. The van der Waals surface area contributed by atoms with Gasteiger partial charge >= 0.3 is 12.0 Å². The van der Waals surface area contributed by atoms with Crippen molar-refractivity contribution in [2.75, 3.05) is 38.8 Å². The van der Waals surface area contributed by atoms with Gasteiger partial charge in [0.2, 0.25) is 0 Å². The number of hydrogen-bond acceptors (Lipinski definition) is 6. The average Bonchev–Trinajstić information content (AvgIpc) is 2.84. The van der Waals surface area contributed by atoms with Gasteiger partial charge < -0.3 is 24.8 Å². The second-order valence-electron chi connectivity index (χ2n) is 7.67. The van der Waals surface area contributed by atoms with E-state index >= 15 is 0 Å². The van der Waals surface area contributed by atoms with E-state index in [0.717, 1.165) is 0 Å². The second kappa shape index (κ2) is 12.2. The van der Waals surface area contributed by atoms with Crippen molar-refractivity contribution in [2.24, 2.45) is 0 Å². The zero-order valence-electron chi connectivity index (χ0n) is 19.8. The molecule has 9 nitrogen and oxygen atoms in total. The number of ether oxygens (including phenoxy) is 3. The van der Waals surface area contributed by atoms with Crippen molar-refractivity contribution < 1.29 is 28.6 Å². The first kappa shape index (κ1) is 26.1. The lowest BCUT2D eigenvalue weighted by molar-refractivity contribution is -0.141. The molecule has 0 saturated carbocycles. The van der Waals surface area contributed by atoms with E-state index < -0.39 is 12.0 Å². The van der Waals surface area contributed by atoms with Crippen LogP contribution in [0.2, 0.25) is 5.02 Å². The zero-order valence-corrected chi connectivity index (χ0v) is 20.6. The van der Waals surface area contributed by atoms with Crippen molar-refractivity contribution >= 4 is 35.2 Å². The summed E-state index contributed by atoms with van der Waals surface area (Å²) in [5.41, 5.74) is 2.08. The van der Waals surface area contributed by atoms with Crippen LogP contribution in [0.1, 0.15) is 25.5 Å². The number of carbonyl (C=O) groups excluding carboxylic acids is 3. The van der Waals surface area contributed by atoms with E-state index in [-0.39, 0.29) is 31.8 Å². The Morgan fingerprint density at radius 3 is 2.40 bits per heavy atom. The summed E-state index contributed by atoms with van der Waals surface area (Å²) in [4.78, 5) is 39.2. The Labute approximate surface area is 209 Å². The molecule has 0 aliphatic carbocycles. The monoisotopic (exact) mass is 501 g/mol. The number of halogens is 1. The van der Waals surface area contributed by atoms with Crippen LogP contribution in [0.5, 0.6) is 5.75 Å². The molecule has 2 N–H and O–H groups in total. The Bertz CT molecular complexity index is 1090. The molecule has 1 heterocycles. The summed E-state index contributed by atoms with van der Waals surface area (Å²) < 4.78 is 15.7. The average molecular weight is 502 g/mol. The first-order chi connectivity index (χ1) is 16.8. The summed E-state index contributed by atoms with van der Waals surface area (Å²) in [6.45, 7) is 4.14. The molecule has 1 aliphatic rings. The van der Waals surface area contributed by atoms with E-state index in [1.807, 2.05) is 6.92 Å². The predicted octanol–water partition coefficient (Wildman–Crippen LogP) is 3.91. The molecule has 186 valence electrons. The summed E-state index contributed by atoms with van der Waals surface area (Å²) >= 11 is 5.84. The van der Waals surface area contributed by atoms with E-state index in [9.17, 15) is 14.4 Å². The van der Waals surface area contributed by atoms with Crippen molar-refractivity contribution in [2.45, 2.75) is 19.9 Å². The first-order valence-electron chi connectivity index (χ1n) is 11.1. The Hall–Kier alpha value is -3.56. The van der Waals surface area contributed by atoms with E-state index in [1.54, 1.807) is 55.5 Å². The maximum atomic E-state index is 12.9. The highest BCUT2D eigenvalue weighted by atomic mass is 35.5. The molecular formula is C25H28ClN3O6. The molecule has 0 radical (unpaired) electrons. The summed E-state index contributed by atoms with van der Waals surface area (Å²) in [5.74, 6) is -0.337. The molecule has 0 spiro atoms. The molecule has 1 atom stereocenters. The number of carbonyl (C=O) groups is 3. The van der Waals surface area contributed by atoms with Gasteiger partial charge in [-0.15, -0.1) is 0 Å². The molecule has 0 fully saturated rings. The Kier molecular flexibility index (Phi) is 9.11. The number of esters is 1. The summed E-state index contributed by atoms with van der Waals surface area (Å²) in [5, 5.41) is 6.20. The fourth-order valence-corrected chi connectivity index (χ4v) is 3.73. The van der Waals surface area contributed by atoms with Gasteiger partial charge in [0.15, 0.2) is 6.61 Å². The van der Waals surface area contributed by atoms with Crippen molar-refractivity contribution in [1.82, 2.24) is 10.2 Å². The fourth-order valence-electron chi connectivity index (χ4n) is 3.61. The van der Waals surface area contributed by atoms with Gasteiger partial charge in [-0.25, -0.2) is 9.59 Å². The van der Waals surface area contributed by atoms with Crippen LogP contribution in [0, 0.1) is 0 Å². The van der Waals surface area contributed by atoms with Gasteiger partial charge in [-0.2, -0.15) is 0 Å². The number of nitrogens with one attached hydrogen (secondary N) is 2. The number of methoxy groups -OCH3 is 1. The van der Waals surface area contributed by atoms with Crippen molar-refractivity contribution in [1.29, 1.82) is 0 Å². The largest absolute Gasteiger partial charge is 0.484 e. The first-order valence-corrected chi connectivity index (χ1v) is 11.4. The lowest BCUT2D eigenvalue weighted by atomic mass is 9.94. The maximum Gasteiger partial charge on any atom is 0.338 e. The van der Waals surface area contributed by atoms with Gasteiger partial charge in [-0.3, -0.25) is 9.69 Å². The molecule has 0 bridgehead atoms. The highest BCUT2D eigenvalue weighted by Gasteiger charge is 2.35. The molecule has 0 aromatic heterocycles. The van der Waals surface area contributed by atoms with Gasteiger partial charge in [0, 0.05) is 30.1 Å². The Balaban J connectivity index is 1.71. The minimum absolute atomic E-state index is 0.0992. The van der Waals surface area contributed by atoms with Gasteiger partial charge in [0.05, 0.1) is 18.2 Å². The molecule has 2 aromatic rings. The smallest absolute Gasteiger partial charge is 0.338 e. The summed E-state index contributed by atoms with van der Waals surface area (Å²) in [6.07, 6.45) is 0. The lowest BCUT2D eigenvalue weighted by Crippen LogP contribution is -2.47. The quantitative estimate of drug-likeness (QED) is 0.377. The van der Waals surface area contributed by atoms with Crippen molar-refractivity contribution in [3.05, 3.63) is 70.4 Å². The molecule has 35 heavy (non-hydrogen) atoms. The number of anilines is 1. The van der Waals surface area contributed by atoms with Crippen LogP contribution in [-0.2, 0) is 19.1 Å². The van der Waals surface area contributed by atoms with Crippen LogP contribution in [-0.4, -0.2) is 56.3 Å². The van der Waals surface area contributed by atoms with Crippen LogP contribution in [0.25, 0.3) is 0 Å². The topological polar surface area (TPSA) is 106 Å². The van der Waals surface area contributed by atoms with E-state index in [1.165, 1.54) is 12.0 Å². The Morgan fingerprint density at radius 2 is 1.77 bits per heavy atom. The number of urea groups is 1. The number of nitrogens with zero attached hydrogens (tertiary/aromatic N) is 1. The van der Waals surface area contributed by atoms with Gasteiger partial charge in [0.25, 0.3) is 5.91 Å². The normalized spacial score (nSPS) is 15.5. The van der Waals surface area contributed by atoms with E-state index in [4.69, 9.17) is 25.8 Å². The molecular weight excluding hydrogens is 474 g/mol.